The molecule has 4 rings (SSSR count). The number of nitrogens with one attached hydrogen (secondary N) is 1. The normalized spacial score (nSPS) is 24.9. The molecule has 3 aliphatic rings. The predicted molar refractivity (Wildman–Crippen MR) is 89.3 cm³/mol. The van der Waals surface area contributed by atoms with Crippen LogP contribution in [0.3, 0.4) is 0 Å². The summed E-state index contributed by atoms with van der Waals surface area (Å²) in [7, 11) is 0. The molecule has 1 saturated heterocycles. The van der Waals surface area contributed by atoms with Crippen LogP contribution in [-0.4, -0.2) is 46.1 Å². The number of carbonyl (C=O) groups is 2. The summed E-state index contributed by atoms with van der Waals surface area (Å²) in [5.41, 5.74) is 0.648. The summed E-state index contributed by atoms with van der Waals surface area (Å²) in [6, 6.07) is 0. The number of amides is 2. The Hall–Kier alpha value is -1.85. The van der Waals surface area contributed by atoms with Crippen molar-refractivity contribution in [2.24, 2.45) is 17.3 Å². The molecule has 2 heterocycles. The van der Waals surface area contributed by atoms with Gasteiger partial charge in [-0.25, -0.2) is 0 Å². The number of carbonyl (C=O) groups excluding carboxylic acids is 2. The average molecular weight is 330 g/mol. The molecular formula is C18H26N4O2. The van der Waals surface area contributed by atoms with Crippen molar-refractivity contribution in [1.29, 1.82) is 0 Å². The molecule has 2 saturated carbocycles. The van der Waals surface area contributed by atoms with Gasteiger partial charge >= 0.3 is 0 Å². The average Bonchev–Trinajstić information content (AvgIpc) is 3.11. The lowest BCUT2D eigenvalue weighted by Crippen LogP contribution is -2.45. The SMILES string of the molecule is CCn1cc(C(=O)N2CC(C(=O)NCC3CC3)C3(CCC3)C2)cn1. The first-order chi connectivity index (χ1) is 11.6. The van der Waals surface area contributed by atoms with Gasteiger partial charge in [-0.3, -0.25) is 14.3 Å². The van der Waals surface area contributed by atoms with E-state index < -0.39 is 0 Å². The molecule has 1 aromatic heterocycles. The fourth-order valence-corrected chi connectivity index (χ4v) is 4.14. The molecule has 2 aliphatic carbocycles. The number of hydrogen-bond acceptors (Lipinski definition) is 3. The highest BCUT2D eigenvalue weighted by Gasteiger charge is 2.54. The lowest BCUT2D eigenvalue weighted by molar-refractivity contribution is -0.129. The molecule has 1 aliphatic heterocycles. The third-order valence-corrected chi connectivity index (χ3v) is 6.07. The number of likely N-dealkylation sites (tertiary alicyclic amines) is 1. The highest BCUT2D eigenvalue weighted by Crippen LogP contribution is 2.52. The van der Waals surface area contributed by atoms with Crippen LogP contribution in [0.25, 0.3) is 0 Å². The third-order valence-electron chi connectivity index (χ3n) is 6.07. The lowest BCUT2D eigenvalue weighted by Gasteiger charge is -2.41. The van der Waals surface area contributed by atoms with Crippen LogP contribution in [0.2, 0.25) is 0 Å². The van der Waals surface area contributed by atoms with E-state index in [2.05, 4.69) is 10.4 Å². The van der Waals surface area contributed by atoms with Gasteiger partial charge < -0.3 is 10.2 Å². The van der Waals surface area contributed by atoms with E-state index in [-0.39, 0.29) is 23.1 Å². The summed E-state index contributed by atoms with van der Waals surface area (Å²) in [5.74, 6) is 0.806. The minimum absolute atomic E-state index is 0.0125. The Morgan fingerprint density at radius 3 is 2.75 bits per heavy atom. The molecule has 1 aromatic rings. The van der Waals surface area contributed by atoms with Gasteiger partial charge in [-0.15, -0.1) is 0 Å². The molecule has 0 aromatic carbocycles. The van der Waals surface area contributed by atoms with Gasteiger partial charge in [-0.1, -0.05) is 6.42 Å². The number of hydrogen-bond donors (Lipinski definition) is 1. The summed E-state index contributed by atoms with van der Waals surface area (Å²) < 4.78 is 1.77. The van der Waals surface area contributed by atoms with Gasteiger partial charge in [0.15, 0.2) is 0 Å². The van der Waals surface area contributed by atoms with Crippen molar-refractivity contribution in [3.8, 4) is 0 Å². The van der Waals surface area contributed by atoms with Gasteiger partial charge in [0.25, 0.3) is 5.91 Å². The summed E-state index contributed by atoms with van der Waals surface area (Å²) in [5, 5.41) is 7.33. The summed E-state index contributed by atoms with van der Waals surface area (Å²) in [4.78, 5) is 27.3. The zero-order chi connectivity index (χ0) is 16.7. The largest absolute Gasteiger partial charge is 0.356 e. The Balaban J connectivity index is 1.45. The van der Waals surface area contributed by atoms with Crippen LogP contribution in [0.15, 0.2) is 12.4 Å². The van der Waals surface area contributed by atoms with Crippen LogP contribution in [0, 0.1) is 17.3 Å². The maximum absolute atomic E-state index is 12.8. The minimum atomic E-state index is -0.0461. The van der Waals surface area contributed by atoms with E-state index in [4.69, 9.17) is 0 Å². The Morgan fingerprint density at radius 2 is 2.17 bits per heavy atom. The lowest BCUT2D eigenvalue weighted by atomic mass is 9.62. The van der Waals surface area contributed by atoms with E-state index in [9.17, 15) is 9.59 Å². The fraction of sp³-hybridized carbons (Fsp3) is 0.722. The van der Waals surface area contributed by atoms with Crippen LogP contribution in [0.1, 0.15) is 49.4 Å². The van der Waals surface area contributed by atoms with Crippen molar-refractivity contribution in [1.82, 2.24) is 20.0 Å². The molecule has 1 unspecified atom stereocenters. The summed E-state index contributed by atoms with van der Waals surface area (Å²) >= 11 is 0. The van der Waals surface area contributed by atoms with Gasteiger partial charge in [0.1, 0.15) is 0 Å². The van der Waals surface area contributed by atoms with Gasteiger partial charge in [-0.05, 0) is 38.5 Å². The third kappa shape index (κ3) is 2.72. The Morgan fingerprint density at radius 1 is 1.38 bits per heavy atom. The molecule has 1 atom stereocenters. The van der Waals surface area contributed by atoms with Gasteiger partial charge in [0.05, 0.1) is 17.7 Å². The predicted octanol–water partition coefficient (Wildman–Crippen LogP) is 1.67. The molecule has 2 amide bonds. The van der Waals surface area contributed by atoms with Crippen LogP contribution in [0.5, 0.6) is 0 Å². The van der Waals surface area contributed by atoms with Crippen LogP contribution in [-0.2, 0) is 11.3 Å². The number of aryl methyl sites for hydroxylation is 1. The first kappa shape index (κ1) is 15.7. The van der Waals surface area contributed by atoms with Gasteiger partial charge in [0, 0.05) is 37.8 Å². The van der Waals surface area contributed by atoms with Crippen LogP contribution < -0.4 is 5.32 Å². The molecule has 6 nitrogen and oxygen atoms in total. The second-order valence-electron chi connectivity index (χ2n) is 7.73. The van der Waals surface area contributed by atoms with Crippen LogP contribution in [0.4, 0.5) is 0 Å². The zero-order valence-electron chi connectivity index (χ0n) is 14.3. The zero-order valence-corrected chi connectivity index (χ0v) is 14.3. The van der Waals surface area contributed by atoms with E-state index in [1.165, 1.54) is 19.3 Å². The first-order valence-corrected chi connectivity index (χ1v) is 9.21. The fourth-order valence-electron chi connectivity index (χ4n) is 4.14. The molecule has 3 fully saturated rings. The van der Waals surface area contributed by atoms with E-state index in [0.29, 0.717) is 24.6 Å². The number of aromatic nitrogens is 2. The topological polar surface area (TPSA) is 67.2 Å². The number of rotatable bonds is 5. The molecule has 1 spiro atoms. The second-order valence-corrected chi connectivity index (χ2v) is 7.73. The Bertz CT molecular complexity index is 645. The molecule has 130 valence electrons. The molecule has 0 bridgehead atoms. The van der Waals surface area contributed by atoms with Gasteiger partial charge in [-0.2, -0.15) is 5.10 Å². The monoisotopic (exact) mass is 330 g/mol. The quantitative estimate of drug-likeness (QED) is 0.893. The van der Waals surface area contributed by atoms with Crippen molar-refractivity contribution >= 4 is 11.8 Å². The van der Waals surface area contributed by atoms with E-state index in [0.717, 1.165) is 25.9 Å². The highest BCUT2D eigenvalue weighted by atomic mass is 16.2. The Labute approximate surface area is 142 Å². The molecule has 0 radical (unpaired) electrons. The summed E-state index contributed by atoms with van der Waals surface area (Å²) in [6.45, 7) is 4.82. The maximum atomic E-state index is 12.8. The molecule has 24 heavy (non-hydrogen) atoms. The molecule has 6 heteroatoms. The number of nitrogens with zero attached hydrogens (tertiary/aromatic N) is 3. The van der Waals surface area contributed by atoms with E-state index in [1.54, 1.807) is 17.1 Å². The van der Waals surface area contributed by atoms with Crippen molar-refractivity contribution in [3.05, 3.63) is 18.0 Å². The van der Waals surface area contributed by atoms with Crippen molar-refractivity contribution in [2.75, 3.05) is 19.6 Å². The molecular weight excluding hydrogens is 304 g/mol. The highest BCUT2D eigenvalue weighted by molar-refractivity contribution is 5.94. The van der Waals surface area contributed by atoms with Gasteiger partial charge in [0.2, 0.25) is 5.91 Å². The van der Waals surface area contributed by atoms with Crippen molar-refractivity contribution < 1.29 is 9.59 Å². The Kier molecular flexibility index (Phi) is 3.85. The minimum Gasteiger partial charge on any atom is -0.356 e. The summed E-state index contributed by atoms with van der Waals surface area (Å²) in [6.07, 6.45) is 9.21. The van der Waals surface area contributed by atoms with Crippen molar-refractivity contribution in [2.45, 2.75) is 45.6 Å². The first-order valence-electron chi connectivity index (χ1n) is 9.21. The maximum Gasteiger partial charge on any atom is 0.257 e. The smallest absolute Gasteiger partial charge is 0.257 e. The molecule has 1 N–H and O–H groups in total. The standard InChI is InChI=1S/C18H26N4O2/c1-2-22-10-14(9-20-22)17(24)21-11-15(18(12-21)6-3-7-18)16(23)19-8-13-4-5-13/h9-10,13,15H,2-8,11-12H2,1H3,(H,19,23). The second kappa shape index (κ2) is 5.90. The van der Waals surface area contributed by atoms with E-state index in [1.807, 2.05) is 11.8 Å². The van der Waals surface area contributed by atoms with E-state index >= 15 is 0 Å². The van der Waals surface area contributed by atoms with Crippen LogP contribution >= 0.6 is 0 Å². The van der Waals surface area contributed by atoms with Crippen molar-refractivity contribution in [3.63, 3.8) is 0 Å².